The summed E-state index contributed by atoms with van der Waals surface area (Å²) in [5, 5.41) is 4.06. The van der Waals surface area contributed by atoms with Crippen molar-refractivity contribution in [1.82, 2.24) is 15.1 Å². The second-order valence-electron chi connectivity index (χ2n) is 8.38. The maximum absolute atomic E-state index is 5.35. The molecule has 1 N–H and O–H groups in total. The van der Waals surface area contributed by atoms with E-state index in [1.165, 1.54) is 57.4 Å². The van der Waals surface area contributed by atoms with Gasteiger partial charge in [0, 0.05) is 44.8 Å². The average Bonchev–Trinajstić information content (AvgIpc) is 3.26. The molecule has 0 amide bonds. The van der Waals surface area contributed by atoms with Gasteiger partial charge in [0.2, 0.25) is 0 Å². The van der Waals surface area contributed by atoms with Gasteiger partial charge in [-0.05, 0) is 55.8 Å². The van der Waals surface area contributed by atoms with E-state index >= 15 is 0 Å². The molecular formula is C21H33N3O. The molecule has 0 spiro atoms. The van der Waals surface area contributed by atoms with E-state index in [4.69, 9.17) is 4.74 Å². The Balaban J connectivity index is 1.45. The van der Waals surface area contributed by atoms with Crippen LogP contribution < -0.4 is 10.1 Å². The standard InChI is InChI=1S/C21H33N3O/c1-23-9-11-24(12-10-23)15-21(17-5-7-19(25-2)8-6-17)22-20-14-16-3-4-18(20)13-16/h5-8,16,18,20-22H,3-4,9-15H2,1-2H3/t16-,18-,20-,21+/m0/s1. The third-order valence-corrected chi connectivity index (χ3v) is 6.71. The highest BCUT2D eigenvalue weighted by atomic mass is 16.5. The summed E-state index contributed by atoms with van der Waals surface area (Å²) in [5.41, 5.74) is 1.41. The van der Waals surface area contributed by atoms with Crippen LogP contribution in [0.15, 0.2) is 24.3 Å². The predicted octanol–water partition coefficient (Wildman–Crippen LogP) is 2.76. The first-order chi connectivity index (χ1) is 12.2. The van der Waals surface area contributed by atoms with Gasteiger partial charge >= 0.3 is 0 Å². The molecule has 1 heterocycles. The first-order valence-electron chi connectivity index (χ1n) is 10.0. The van der Waals surface area contributed by atoms with Crippen LogP contribution in [0, 0.1) is 11.8 Å². The second-order valence-corrected chi connectivity index (χ2v) is 8.38. The maximum Gasteiger partial charge on any atom is 0.118 e. The lowest BCUT2D eigenvalue weighted by Crippen LogP contribution is -2.48. The minimum Gasteiger partial charge on any atom is -0.497 e. The van der Waals surface area contributed by atoms with E-state index in [0.29, 0.717) is 6.04 Å². The highest BCUT2D eigenvalue weighted by Crippen LogP contribution is 2.45. The van der Waals surface area contributed by atoms with E-state index in [2.05, 4.69) is 46.4 Å². The van der Waals surface area contributed by atoms with Crippen molar-refractivity contribution >= 4 is 0 Å². The molecule has 0 unspecified atom stereocenters. The van der Waals surface area contributed by atoms with Gasteiger partial charge in [-0.25, -0.2) is 0 Å². The number of ether oxygens (including phenoxy) is 1. The summed E-state index contributed by atoms with van der Waals surface area (Å²) in [6.07, 6.45) is 5.75. The normalized spacial score (nSPS) is 31.4. The number of nitrogens with one attached hydrogen (secondary N) is 1. The van der Waals surface area contributed by atoms with Crippen molar-refractivity contribution in [3.8, 4) is 5.75 Å². The maximum atomic E-state index is 5.35. The zero-order chi connectivity index (χ0) is 17.2. The van der Waals surface area contributed by atoms with Gasteiger partial charge in [0.05, 0.1) is 7.11 Å². The Labute approximate surface area is 152 Å². The van der Waals surface area contributed by atoms with Crippen molar-refractivity contribution in [1.29, 1.82) is 0 Å². The molecule has 25 heavy (non-hydrogen) atoms. The van der Waals surface area contributed by atoms with E-state index in [9.17, 15) is 0 Å². The Morgan fingerprint density at radius 3 is 2.44 bits per heavy atom. The van der Waals surface area contributed by atoms with Crippen molar-refractivity contribution < 1.29 is 4.74 Å². The van der Waals surface area contributed by atoms with E-state index in [-0.39, 0.29) is 0 Å². The van der Waals surface area contributed by atoms with Crippen molar-refractivity contribution in [3.63, 3.8) is 0 Å². The highest BCUT2D eigenvalue weighted by molar-refractivity contribution is 5.29. The Morgan fingerprint density at radius 1 is 1.08 bits per heavy atom. The summed E-state index contributed by atoms with van der Waals surface area (Å²) in [6.45, 7) is 5.85. The number of hydrogen-bond donors (Lipinski definition) is 1. The summed E-state index contributed by atoms with van der Waals surface area (Å²) in [7, 11) is 3.97. The molecule has 1 aromatic carbocycles. The van der Waals surface area contributed by atoms with E-state index in [1.54, 1.807) is 7.11 Å². The van der Waals surface area contributed by atoms with Gasteiger partial charge in [-0.3, -0.25) is 4.90 Å². The molecule has 4 atom stereocenters. The van der Waals surface area contributed by atoms with E-state index in [0.717, 1.165) is 30.2 Å². The van der Waals surface area contributed by atoms with E-state index < -0.39 is 0 Å². The van der Waals surface area contributed by atoms with Crippen LogP contribution in [0.1, 0.15) is 37.3 Å². The smallest absolute Gasteiger partial charge is 0.118 e. The molecule has 138 valence electrons. The van der Waals surface area contributed by atoms with E-state index in [1.807, 2.05) is 0 Å². The molecule has 2 bridgehead atoms. The van der Waals surface area contributed by atoms with Crippen molar-refractivity contribution in [2.75, 3.05) is 46.9 Å². The van der Waals surface area contributed by atoms with Gasteiger partial charge in [-0.15, -0.1) is 0 Å². The molecule has 3 aliphatic rings. The number of hydrogen-bond acceptors (Lipinski definition) is 4. The van der Waals surface area contributed by atoms with Crippen LogP contribution in [0.4, 0.5) is 0 Å². The molecule has 4 heteroatoms. The number of benzene rings is 1. The molecule has 1 aliphatic heterocycles. The largest absolute Gasteiger partial charge is 0.497 e. The number of likely N-dealkylation sites (N-methyl/N-ethyl adjacent to an activating group) is 1. The van der Waals surface area contributed by atoms with Crippen LogP contribution >= 0.6 is 0 Å². The number of nitrogens with zero attached hydrogens (tertiary/aromatic N) is 2. The number of piperazine rings is 1. The zero-order valence-electron chi connectivity index (χ0n) is 15.8. The third kappa shape index (κ3) is 4.02. The third-order valence-electron chi connectivity index (χ3n) is 6.71. The van der Waals surface area contributed by atoms with Crippen LogP contribution in [0.2, 0.25) is 0 Å². The predicted molar refractivity (Wildman–Crippen MR) is 102 cm³/mol. The molecule has 0 radical (unpaired) electrons. The monoisotopic (exact) mass is 343 g/mol. The van der Waals surface area contributed by atoms with Gasteiger partial charge in [0.15, 0.2) is 0 Å². The average molecular weight is 344 g/mol. The molecule has 3 fully saturated rings. The lowest BCUT2D eigenvalue weighted by Gasteiger charge is -2.37. The van der Waals surface area contributed by atoms with Crippen LogP contribution in [-0.4, -0.2) is 62.7 Å². The molecule has 2 saturated carbocycles. The topological polar surface area (TPSA) is 27.7 Å². The van der Waals surface area contributed by atoms with Crippen molar-refractivity contribution in [2.24, 2.45) is 11.8 Å². The summed E-state index contributed by atoms with van der Waals surface area (Å²) in [5.74, 6) is 2.85. The van der Waals surface area contributed by atoms with Crippen LogP contribution in [0.5, 0.6) is 5.75 Å². The molecule has 1 aromatic rings. The Hall–Kier alpha value is -1.10. The van der Waals surface area contributed by atoms with Crippen molar-refractivity contribution in [3.05, 3.63) is 29.8 Å². The minimum atomic E-state index is 0.429. The lowest BCUT2D eigenvalue weighted by molar-refractivity contribution is 0.137. The van der Waals surface area contributed by atoms with Crippen LogP contribution in [-0.2, 0) is 0 Å². The lowest BCUT2D eigenvalue weighted by atomic mass is 9.93. The summed E-state index contributed by atoms with van der Waals surface area (Å²) in [4.78, 5) is 5.07. The first-order valence-corrected chi connectivity index (χ1v) is 10.0. The summed E-state index contributed by atoms with van der Waals surface area (Å²) >= 11 is 0. The molecule has 0 aromatic heterocycles. The van der Waals surface area contributed by atoms with Gasteiger partial charge in [0.25, 0.3) is 0 Å². The summed E-state index contributed by atoms with van der Waals surface area (Å²) in [6, 6.07) is 9.86. The van der Waals surface area contributed by atoms with Gasteiger partial charge < -0.3 is 15.0 Å². The van der Waals surface area contributed by atoms with Gasteiger partial charge in [-0.2, -0.15) is 0 Å². The Bertz CT molecular complexity index is 553. The quantitative estimate of drug-likeness (QED) is 0.860. The molecular weight excluding hydrogens is 310 g/mol. The highest BCUT2D eigenvalue weighted by Gasteiger charge is 2.40. The molecule has 4 rings (SSSR count). The number of rotatable bonds is 6. The SMILES string of the molecule is COc1ccc([C@@H](CN2CCN(C)CC2)N[C@H]2C[C@H]3CC[C@H]2C3)cc1. The van der Waals surface area contributed by atoms with Gasteiger partial charge in [0.1, 0.15) is 5.75 Å². The minimum absolute atomic E-state index is 0.429. The fourth-order valence-corrected chi connectivity index (χ4v) is 5.09. The first kappa shape index (κ1) is 17.3. The van der Waals surface area contributed by atoms with Crippen molar-refractivity contribution in [2.45, 2.75) is 37.8 Å². The van der Waals surface area contributed by atoms with Gasteiger partial charge in [-0.1, -0.05) is 18.6 Å². The fraction of sp³-hybridized carbons (Fsp3) is 0.714. The summed E-state index contributed by atoms with van der Waals surface area (Å²) < 4.78 is 5.35. The fourth-order valence-electron chi connectivity index (χ4n) is 5.09. The number of methoxy groups -OCH3 is 1. The van der Waals surface area contributed by atoms with Crippen LogP contribution in [0.3, 0.4) is 0 Å². The Morgan fingerprint density at radius 2 is 1.84 bits per heavy atom. The van der Waals surface area contributed by atoms with Crippen LogP contribution in [0.25, 0.3) is 0 Å². The zero-order valence-corrected chi connectivity index (χ0v) is 15.8. The molecule has 1 saturated heterocycles. The number of fused-ring (bicyclic) bond motifs is 2. The Kier molecular flexibility index (Phi) is 5.30. The molecule has 4 nitrogen and oxygen atoms in total. The molecule has 2 aliphatic carbocycles. The second kappa shape index (κ2) is 7.65.